The van der Waals surface area contributed by atoms with Crippen molar-refractivity contribution in [2.75, 3.05) is 38.2 Å². The molecule has 6 nitrogen and oxygen atoms in total. The number of guanidine groups is 1. The second-order valence-corrected chi connectivity index (χ2v) is 7.42. The molecule has 0 saturated carbocycles. The number of rotatable bonds is 7. The maximum absolute atomic E-state index is 13.6. The molecule has 170 valence electrons. The highest BCUT2D eigenvalue weighted by molar-refractivity contribution is 14.0. The van der Waals surface area contributed by atoms with Crippen LogP contribution in [0.25, 0.3) is 0 Å². The molecule has 1 fully saturated rings. The van der Waals surface area contributed by atoms with E-state index in [4.69, 9.17) is 4.74 Å². The van der Waals surface area contributed by atoms with E-state index in [0.717, 1.165) is 49.5 Å². The molecule has 2 aromatic carbocycles. The molecule has 8 heteroatoms. The maximum Gasteiger partial charge on any atom is 0.191 e. The monoisotopic (exact) mass is 542 g/mol. The number of ether oxygens (including phenoxy) is 1. The van der Waals surface area contributed by atoms with E-state index < -0.39 is 6.10 Å². The van der Waals surface area contributed by atoms with Crippen LogP contribution in [0.1, 0.15) is 31.4 Å². The molecular weight excluding hydrogens is 510 g/mol. The second kappa shape index (κ2) is 12.7. The van der Waals surface area contributed by atoms with Gasteiger partial charge in [-0.2, -0.15) is 0 Å². The fourth-order valence-corrected chi connectivity index (χ4v) is 3.62. The lowest BCUT2D eigenvalue weighted by atomic mass is 10.0. The average Bonchev–Trinajstić information content (AvgIpc) is 2.77. The molecular formula is C23H32FIN4O2. The second-order valence-electron chi connectivity index (χ2n) is 7.42. The Bertz CT molecular complexity index is 835. The number of halogens is 2. The van der Waals surface area contributed by atoms with Crippen molar-refractivity contribution in [2.24, 2.45) is 4.99 Å². The zero-order valence-corrected chi connectivity index (χ0v) is 20.4. The van der Waals surface area contributed by atoms with Gasteiger partial charge >= 0.3 is 0 Å². The van der Waals surface area contributed by atoms with Crippen LogP contribution in [-0.4, -0.2) is 50.4 Å². The van der Waals surface area contributed by atoms with Crippen molar-refractivity contribution in [2.45, 2.75) is 31.9 Å². The van der Waals surface area contributed by atoms with Gasteiger partial charge in [-0.15, -0.1) is 24.0 Å². The molecule has 3 N–H and O–H groups in total. The molecule has 1 saturated heterocycles. The zero-order valence-electron chi connectivity index (χ0n) is 18.1. The van der Waals surface area contributed by atoms with E-state index in [1.165, 1.54) is 6.07 Å². The summed E-state index contributed by atoms with van der Waals surface area (Å²) in [5.41, 5.74) is 1.70. The summed E-state index contributed by atoms with van der Waals surface area (Å²) < 4.78 is 18.7. The van der Waals surface area contributed by atoms with Crippen LogP contribution >= 0.6 is 24.0 Å². The quantitative estimate of drug-likeness (QED) is 0.283. The predicted octanol–water partition coefficient (Wildman–Crippen LogP) is 3.71. The first-order chi connectivity index (χ1) is 14.6. The van der Waals surface area contributed by atoms with E-state index in [1.54, 1.807) is 19.2 Å². The molecule has 31 heavy (non-hydrogen) atoms. The minimum Gasteiger partial charge on any atom is -0.497 e. The van der Waals surface area contributed by atoms with Gasteiger partial charge in [-0.25, -0.2) is 4.39 Å². The molecule has 1 heterocycles. The highest BCUT2D eigenvalue weighted by Crippen LogP contribution is 2.21. The number of benzene rings is 2. The summed E-state index contributed by atoms with van der Waals surface area (Å²) in [5, 5.41) is 17.2. The third kappa shape index (κ3) is 7.53. The molecule has 2 atom stereocenters. The van der Waals surface area contributed by atoms with Crippen molar-refractivity contribution >= 4 is 35.6 Å². The van der Waals surface area contributed by atoms with Gasteiger partial charge in [0.2, 0.25) is 0 Å². The Balaban J connectivity index is 0.00000341. The van der Waals surface area contributed by atoms with Gasteiger partial charge in [-0.3, -0.25) is 4.99 Å². The fourth-order valence-electron chi connectivity index (χ4n) is 3.62. The van der Waals surface area contributed by atoms with E-state index in [2.05, 4.69) is 20.5 Å². The Labute approximate surface area is 200 Å². The number of aliphatic hydroxyl groups excluding tert-OH is 1. The summed E-state index contributed by atoms with van der Waals surface area (Å²) in [7, 11) is 1.62. The van der Waals surface area contributed by atoms with Gasteiger partial charge in [0.15, 0.2) is 5.96 Å². The normalized spacial score (nSPS) is 17.5. The van der Waals surface area contributed by atoms with Crippen molar-refractivity contribution in [1.82, 2.24) is 10.6 Å². The number of aliphatic hydroxyl groups is 1. The van der Waals surface area contributed by atoms with Crippen LogP contribution in [0, 0.1) is 5.82 Å². The van der Waals surface area contributed by atoms with Crippen LogP contribution < -0.4 is 20.3 Å². The van der Waals surface area contributed by atoms with Crippen LogP contribution in [0.15, 0.2) is 53.5 Å². The van der Waals surface area contributed by atoms with Crippen LogP contribution in [0.2, 0.25) is 0 Å². The minimum atomic E-state index is -0.693. The van der Waals surface area contributed by atoms with E-state index in [-0.39, 0.29) is 42.4 Å². The molecule has 3 rings (SSSR count). The van der Waals surface area contributed by atoms with Crippen molar-refractivity contribution < 1.29 is 14.2 Å². The summed E-state index contributed by atoms with van der Waals surface area (Å²) in [6.07, 6.45) is 1.33. The lowest BCUT2D eigenvalue weighted by Crippen LogP contribution is -2.51. The lowest BCUT2D eigenvalue weighted by molar-refractivity contribution is 0.187. The third-order valence-electron chi connectivity index (χ3n) is 5.20. The summed E-state index contributed by atoms with van der Waals surface area (Å²) in [4.78, 5) is 6.77. The van der Waals surface area contributed by atoms with E-state index >= 15 is 0 Å². The van der Waals surface area contributed by atoms with Crippen molar-refractivity contribution in [3.05, 3.63) is 59.9 Å². The van der Waals surface area contributed by atoms with Gasteiger partial charge in [0.25, 0.3) is 0 Å². The van der Waals surface area contributed by atoms with Crippen LogP contribution in [-0.2, 0) is 0 Å². The Hall–Kier alpha value is -2.07. The summed E-state index contributed by atoms with van der Waals surface area (Å²) in [6.45, 7) is 4.67. The third-order valence-corrected chi connectivity index (χ3v) is 5.20. The van der Waals surface area contributed by atoms with Crippen molar-refractivity contribution in [3.63, 3.8) is 0 Å². The molecule has 0 aliphatic carbocycles. The number of hydrogen-bond donors (Lipinski definition) is 3. The smallest absolute Gasteiger partial charge is 0.191 e. The van der Waals surface area contributed by atoms with Crippen LogP contribution in [0.5, 0.6) is 5.75 Å². The first-order valence-corrected chi connectivity index (χ1v) is 10.5. The molecule has 0 spiro atoms. The lowest BCUT2D eigenvalue weighted by Gasteiger charge is -2.35. The number of hydrogen-bond acceptors (Lipinski definition) is 4. The van der Waals surface area contributed by atoms with E-state index in [1.807, 2.05) is 37.3 Å². The van der Waals surface area contributed by atoms with Gasteiger partial charge in [0.05, 0.1) is 19.8 Å². The summed E-state index contributed by atoms with van der Waals surface area (Å²) in [5.74, 6) is 1.21. The van der Waals surface area contributed by atoms with E-state index in [0.29, 0.717) is 5.96 Å². The Morgan fingerprint density at radius 2 is 2.06 bits per heavy atom. The van der Waals surface area contributed by atoms with Crippen molar-refractivity contribution in [1.29, 1.82) is 0 Å². The number of nitrogens with one attached hydrogen (secondary N) is 2. The van der Waals surface area contributed by atoms with Gasteiger partial charge in [0.1, 0.15) is 11.6 Å². The summed E-state index contributed by atoms with van der Waals surface area (Å²) >= 11 is 0. The number of nitrogens with zero attached hydrogens (tertiary/aromatic N) is 2. The first-order valence-electron chi connectivity index (χ1n) is 10.5. The molecule has 1 aliphatic rings. The SMILES string of the molecule is CCNC(=NCC(O)c1ccc(OC)cc1)NC1CCCN(c2cccc(F)c2)C1.I. The van der Waals surface area contributed by atoms with E-state index in [9.17, 15) is 9.50 Å². The van der Waals surface area contributed by atoms with Gasteiger partial charge in [-0.05, 0) is 55.7 Å². The highest BCUT2D eigenvalue weighted by Gasteiger charge is 2.21. The number of anilines is 1. The van der Waals surface area contributed by atoms with Gasteiger partial charge < -0.3 is 25.4 Å². The van der Waals surface area contributed by atoms with Crippen LogP contribution in [0.3, 0.4) is 0 Å². The Morgan fingerprint density at radius 3 is 2.74 bits per heavy atom. The molecule has 2 unspecified atom stereocenters. The largest absolute Gasteiger partial charge is 0.497 e. The molecule has 0 amide bonds. The number of aliphatic imine (C=N–C) groups is 1. The molecule has 0 bridgehead atoms. The molecule has 0 aromatic heterocycles. The highest BCUT2D eigenvalue weighted by atomic mass is 127. The number of piperidine rings is 1. The molecule has 2 aromatic rings. The predicted molar refractivity (Wildman–Crippen MR) is 134 cm³/mol. The fraction of sp³-hybridized carbons (Fsp3) is 0.435. The van der Waals surface area contributed by atoms with Crippen molar-refractivity contribution in [3.8, 4) is 5.75 Å². The molecule has 0 radical (unpaired) electrons. The molecule has 1 aliphatic heterocycles. The number of methoxy groups -OCH3 is 1. The van der Waals surface area contributed by atoms with Crippen LogP contribution in [0.4, 0.5) is 10.1 Å². The average molecular weight is 542 g/mol. The van der Waals surface area contributed by atoms with Gasteiger partial charge in [-0.1, -0.05) is 18.2 Å². The topological polar surface area (TPSA) is 69.1 Å². The summed E-state index contributed by atoms with van der Waals surface area (Å²) in [6, 6.07) is 14.3. The standard InChI is InChI=1S/C23H31FN4O2.HI/c1-3-25-23(26-15-22(29)17-9-11-21(30-2)12-10-17)27-19-7-5-13-28(16-19)20-8-4-6-18(24)14-20;/h4,6,8-12,14,19,22,29H,3,5,7,13,15-16H2,1-2H3,(H2,25,26,27);1H. The minimum absolute atomic E-state index is 0. The first kappa shape index (κ1) is 25.2. The zero-order chi connectivity index (χ0) is 21.3. The maximum atomic E-state index is 13.6. The Kier molecular flexibility index (Phi) is 10.3. The van der Waals surface area contributed by atoms with Gasteiger partial charge in [0, 0.05) is 31.4 Å². The Morgan fingerprint density at radius 1 is 1.29 bits per heavy atom.